The molecule has 1 aliphatic rings. The summed E-state index contributed by atoms with van der Waals surface area (Å²) in [5.41, 5.74) is 1.87. The zero-order valence-electron chi connectivity index (χ0n) is 11.1. The van der Waals surface area contributed by atoms with Crippen molar-refractivity contribution < 1.29 is 9.18 Å². The minimum atomic E-state index is -0.318. The zero-order valence-corrected chi connectivity index (χ0v) is 12.7. The van der Waals surface area contributed by atoms with Crippen LogP contribution in [0.2, 0.25) is 0 Å². The molecule has 0 bridgehead atoms. The van der Waals surface area contributed by atoms with Crippen LogP contribution in [0.4, 0.5) is 4.39 Å². The van der Waals surface area contributed by atoms with Crippen molar-refractivity contribution in [1.29, 1.82) is 0 Å². The normalized spacial score (nSPS) is 14.2. The van der Waals surface area contributed by atoms with Crippen molar-refractivity contribution >= 4 is 21.7 Å². The molecular weight excluding hydrogens is 323 g/mol. The second-order valence-corrected chi connectivity index (χ2v) is 5.94. The highest BCUT2D eigenvalue weighted by atomic mass is 79.9. The minimum Gasteiger partial charge on any atom is -0.327 e. The number of Topliss-reactive ketones (excluding diaryl/α,β-unsaturated/α-hetero) is 1. The summed E-state index contributed by atoms with van der Waals surface area (Å²) in [6.45, 7) is 2.30. The summed E-state index contributed by atoms with van der Waals surface area (Å²) in [5.74, 6) is 0.183. The van der Waals surface area contributed by atoms with Gasteiger partial charge in [0.1, 0.15) is 17.3 Å². The molecule has 5 heteroatoms. The molecule has 3 nitrogen and oxygen atoms in total. The Balaban J connectivity index is 2.23. The van der Waals surface area contributed by atoms with Crippen LogP contribution in [0.3, 0.4) is 0 Å². The molecule has 1 aromatic heterocycles. The van der Waals surface area contributed by atoms with Crippen LogP contribution in [0, 0.1) is 5.82 Å². The van der Waals surface area contributed by atoms with Crippen molar-refractivity contribution in [2.45, 2.75) is 32.7 Å². The fourth-order valence-corrected chi connectivity index (χ4v) is 3.06. The predicted octanol–water partition coefficient (Wildman–Crippen LogP) is 3.99. The number of fused-ring (bicyclic) bond motifs is 1. The van der Waals surface area contributed by atoms with E-state index in [-0.39, 0.29) is 11.6 Å². The van der Waals surface area contributed by atoms with E-state index in [1.165, 1.54) is 13.0 Å². The second kappa shape index (κ2) is 5.13. The molecule has 0 atom stereocenters. The molecule has 0 radical (unpaired) electrons. The van der Waals surface area contributed by atoms with Crippen LogP contribution in [-0.2, 0) is 13.0 Å². The number of rotatable bonds is 2. The largest absolute Gasteiger partial charge is 0.327 e. The average molecular weight is 337 g/mol. The standard InChI is InChI=1S/C15H14BrFN2O/c1-9(20)14-13-4-2-3-7-19(13)15(18-14)11-8-10(16)5-6-12(11)17/h5-6,8H,2-4,7H2,1H3. The number of hydrogen-bond donors (Lipinski definition) is 0. The number of imidazole rings is 1. The molecule has 0 unspecified atom stereocenters. The number of benzene rings is 1. The van der Waals surface area contributed by atoms with Gasteiger partial charge < -0.3 is 4.57 Å². The van der Waals surface area contributed by atoms with Gasteiger partial charge in [-0.2, -0.15) is 0 Å². The van der Waals surface area contributed by atoms with Gasteiger partial charge in [-0.1, -0.05) is 15.9 Å². The maximum absolute atomic E-state index is 14.1. The molecule has 0 saturated heterocycles. The Morgan fingerprint density at radius 3 is 2.95 bits per heavy atom. The number of halogens is 2. The summed E-state index contributed by atoms with van der Waals surface area (Å²) in [6, 6.07) is 4.78. The first-order valence-electron chi connectivity index (χ1n) is 6.63. The minimum absolute atomic E-state index is 0.0581. The van der Waals surface area contributed by atoms with Crippen molar-refractivity contribution in [3.63, 3.8) is 0 Å². The summed E-state index contributed by atoms with van der Waals surface area (Å²) < 4.78 is 16.9. The van der Waals surface area contributed by atoms with Crippen LogP contribution in [-0.4, -0.2) is 15.3 Å². The number of aromatic nitrogens is 2. The van der Waals surface area contributed by atoms with Gasteiger partial charge in [0.15, 0.2) is 5.78 Å². The van der Waals surface area contributed by atoms with Gasteiger partial charge in [0, 0.05) is 23.6 Å². The first-order valence-corrected chi connectivity index (χ1v) is 7.43. The van der Waals surface area contributed by atoms with Crippen LogP contribution in [0.15, 0.2) is 22.7 Å². The number of hydrogen-bond acceptors (Lipinski definition) is 2. The first kappa shape index (κ1) is 13.5. The van der Waals surface area contributed by atoms with E-state index in [9.17, 15) is 9.18 Å². The molecule has 20 heavy (non-hydrogen) atoms. The Morgan fingerprint density at radius 1 is 1.40 bits per heavy atom. The van der Waals surface area contributed by atoms with E-state index >= 15 is 0 Å². The van der Waals surface area contributed by atoms with E-state index < -0.39 is 0 Å². The second-order valence-electron chi connectivity index (χ2n) is 5.02. The molecule has 2 heterocycles. The highest BCUT2D eigenvalue weighted by molar-refractivity contribution is 9.10. The van der Waals surface area contributed by atoms with Crippen molar-refractivity contribution in [2.75, 3.05) is 0 Å². The fourth-order valence-electron chi connectivity index (χ4n) is 2.70. The van der Waals surface area contributed by atoms with E-state index in [4.69, 9.17) is 0 Å². The fraction of sp³-hybridized carbons (Fsp3) is 0.333. The van der Waals surface area contributed by atoms with E-state index in [2.05, 4.69) is 20.9 Å². The molecular formula is C15H14BrFN2O. The molecule has 0 saturated carbocycles. The smallest absolute Gasteiger partial charge is 0.179 e. The van der Waals surface area contributed by atoms with E-state index in [0.29, 0.717) is 17.1 Å². The predicted molar refractivity (Wildman–Crippen MR) is 78.3 cm³/mol. The number of carbonyl (C=O) groups is 1. The van der Waals surface area contributed by atoms with Crippen molar-refractivity contribution in [3.8, 4) is 11.4 Å². The Hall–Kier alpha value is -1.49. The third-order valence-corrected chi connectivity index (χ3v) is 4.11. The van der Waals surface area contributed by atoms with Crippen LogP contribution < -0.4 is 0 Å². The van der Waals surface area contributed by atoms with Gasteiger partial charge in [-0.3, -0.25) is 4.79 Å². The Labute approximate surface area is 125 Å². The SMILES string of the molecule is CC(=O)c1nc(-c2cc(Br)ccc2F)n2c1CCCC2. The van der Waals surface area contributed by atoms with Gasteiger partial charge in [-0.15, -0.1) is 0 Å². The Morgan fingerprint density at radius 2 is 2.20 bits per heavy atom. The number of ketones is 1. The molecule has 104 valence electrons. The molecule has 0 spiro atoms. The highest BCUT2D eigenvalue weighted by Crippen LogP contribution is 2.31. The Bertz CT molecular complexity index is 693. The zero-order chi connectivity index (χ0) is 14.3. The lowest BCUT2D eigenvalue weighted by Gasteiger charge is -2.17. The van der Waals surface area contributed by atoms with E-state index in [0.717, 1.165) is 36.0 Å². The van der Waals surface area contributed by atoms with E-state index in [1.807, 2.05) is 4.57 Å². The molecule has 1 aromatic carbocycles. The number of carbonyl (C=O) groups excluding carboxylic acids is 1. The van der Waals surface area contributed by atoms with Gasteiger partial charge >= 0.3 is 0 Å². The van der Waals surface area contributed by atoms with Gasteiger partial charge in [0.05, 0.1) is 5.56 Å². The monoisotopic (exact) mass is 336 g/mol. The van der Waals surface area contributed by atoms with Crippen LogP contribution in [0.1, 0.15) is 35.9 Å². The maximum atomic E-state index is 14.1. The van der Waals surface area contributed by atoms with Gasteiger partial charge in [-0.25, -0.2) is 9.37 Å². The highest BCUT2D eigenvalue weighted by Gasteiger charge is 2.24. The molecule has 3 rings (SSSR count). The molecule has 1 aliphatic heterocycles. The van der Waals surface area contributed by atoms with Crippen LogP contribution in [0.5, 0.6) is 0 Å². The van der Waals surface area contributed by atoms with E-state index in [1.54, 1.807) is 12.1 Å². The summed E-state index contributed by atoms with van der Waals surface area (Å²) in [6.07, 6.45) is 2.91. The lowest BCUT2D eigenvalue weighted by Crippen LogP contribution is -2.13. The average Bonchev–Trinajstić information content (AvgIpc) is 2.81. The van der Waals surface area contributed by atoms with Crippen molar-refractivity contribution in [1.82, 2.24) is 9.55 Å². The lowest BCUT2D eigenvalue weighted by molar-refractivity contribution is 0.101. The maximum Gasteiger partial charge on any atom is 0.179 e. The molecule has 2 aromatic rings. The summed E-state index contributed by atoms with van der Waals surface area (Å²) >= 11 is 3.35. The Kier molecular flexibility index (Phi) is 3.46. The third kappa shape index (κ3) is 2.20. The van der Waals surface area contributed by atoms with Gasteiger partial charge in [0.25, 0.3) is 0 Å². The lowest BCUT2D eigenvalue weighted by atomic mass is 10.1. The summed E-state index contributed by atoms with van der Waals surface area (Å²) in [4.78, 5) is 16.2. The first-order chi connectivity index (χ1) is 9.58. The molecule has 0 fully saturated rings. The van der Waals surface area contributed by atoms with Crippen molar-refractivity contribution in [2.24, 2.45) is 0 Å². The molecule has 0 amide bonds. The molecule has 0 N–H and O–H groups in total. The van der Waals surface area contributed by atoms with Gasteiger partial charge in [-0.05, 0) is 37.5 Å². The number of nitrogens with zero attached hydrogens (tertiary/aromatic N) is 2. The summed E-state index contributed by atoms with van der Waals surface area (Å²) in [7, 11) is 0. The van der Waals surface area contributed by atoms with Crippen LogP contribution in [0.25, 0.3) is 11.4 Å². The quantitative estimate of drug-likeness (QED) is 0.777. The summed E-state index contributed by atoms with van der Waals surface area (Å²) in [5, 5.41) is 0. The van der Waals surface area contributed by atoms with Crippen molar-refractivity contribution in [3.05, 3.63) is 39.9 Å². The topological polar surface area (TPSA) is 34.9 Å². The van der Waals surface area contributed by atoms with Crippen LogP contribution >= 0.6 is 15.9 Å². The third-order valence-electron chi connectivity index (χ3n) is 3.62. The van der Waals surface area contributed by atoms with Gasteiger partial charge in [0.2, 0.25) is 0 Å². The molecule has 0 aliphatic carbocycles.